The Morgan fingerprint density at radius 3 is 2.48 bits per heavy atom. The number of benzene rings is 1. The van der Waals surface area contributed by atoms with Crippen LogP contribution in [0.25, 0.3) is 11.1 Å². The van der Waals surface area contributed by atoms with Crippen LogP contribution in [0.15, 0.2) is 35.5 Å². The van der Waals surface area contributed by atoms with Gasteiger partial charge in [-0.2, -0.15) is 0 Å². The molecule has 0 spiro atoms. The predicted octanol–water partition coefficient (Wildman–Crippen LogP) is 4.30. The van der Waals surface area contributed by atoms with E-state index < -0.39 is 46.2 Å². The molecular weight excluding hydrogens is 582 g/mol. The van der Waals surface area contributed by atoms with E-state index in [4.69, 9.17) is 4.74 Å². The largest absolute Gasteiger partial charge is 0.374 e. The molecule has 2 atom stereocenters. The molecule has 0 radical (unpaired) electrons. The Kier molecular flexibility index (Phi) is 9.20. The van der Waals surface area contributed by atoms with E-state index in [2.05, 4.69) is 39.0 Å². The number of hydrogen-bond donors (Lipinski definition) is 2. The molecule has 2 aliphatic heterocycles. The Morgan fingerprint density at radius 1 is 1.09 bits per heavy atom. The minimum absolute atomic E-state index is 0.00838. The Labute approximate surface area is 252 Å². The van der Waals surface area contributed by atoms with Gasteiger partial charge in [0.15, 0.2) is 5.82 Å². The lowest BCUT2D eigenvalue weighted by Crippen LogP contribution is -2.50. The first kappa shape index (κ1) is 31.4. The number of rotatable bonds is 7. The second-order valence-corrected chi connectivity index (χ2v) is 11.5. The minimum Gasteiger partial charge on any atom is -0.374 e. The van der Waals surface area contributed by atoms with Gasteiger partial charge in [-0.05, 0) is 19.9 Å². The number of aromatic amines is 1. The van der Waals surface area contributed by atoms with Crippen molar-refractivity contribution in [2.75, 3.05) is 61.5 Å². The van der Waals surface area contributed by atoms with Crippen LogP contribution in [0.5, 0.6) is 0 Å². The first-order chi connectivity index (χ1) is 20.9. The summed E-state index contributed by atoms with van der Waals surface area (Å²) < 4.78 is 65.4. The molecule has 236 valence electrons. The molecule has 2 N–H and O–H groups in total. The molecule has 2 aromatic heterocycles. The van der Waals surface area contributed by atoms with E-state index in [1.165, 1.54) is 12.4 Å². The summed E-state index contributed by atoms with van der Waals surface area (Å²) in [6.45, 7) is 9.07. The Balaban J connectivity index is 1.54. The lowest BCUT2D eigenvalue weighted by Gasteiger charge is -2.39. The predicted molar refractivity (Wildman–Crippen MR) is 158 cm³/mol. The number of amides is 1. The maximum absolute atomic E-state index is 16.4. The Bertz CT molecular complexity index is 1570. The normalized spacial score (nSPS) is 19.6. The van der Waals surface area contributed by atoms with Crippen LogP contribution < -0.4 is 20.7 Å². The summed E-state index contributed by atoms with van der Waals surface area (Å²) in [6.07, 6.45) is 0.322. The van der Waals surface area contributed by atoms with Gasteiger partial charge < -0.3 is 29.7 Å². The molecular formula is C30H35F4N7O3. The monoisotopic (exact) mass is 617 g/mol. The van der Waals surface area contributed by atoms with Crippen LogP contribution in [-0.2, 0) is 4.74 Å². The van der Waals surface area contributed by atoms with E-state index in [0.717, 1.165) is 12.3 Å². The van der Waals surface area contributed by atoms with Crippen molar-refractivity contribution in [3.8, 4) is 11.1 Å². The third-order valence-corrected chi connectivity index (χ3v) is 8.22. The van der Waals surface area contributed by atoms with Crippen molar-refractivity contribution in [3.63, 3.8) is 0 Å². The number of morpholine rings is 1. The zero-order valence-corrected chi connectivity index (χ0v) is 24.9. The van der Waals surface area contributed by atoms with Crippen molar-refractivity contribution in [2.24, 2.45) is 5.92 Å². The summed E-state index contributed by atoms with van der Waals surface area (Å²) >= 11 is 0. The molecule has 1 aromatic carbocycles. The Morgan fingerprint density at radius 2 is 1.82 bits per heavy atom. The van der Waals surface area contributed by atoms with Crippen molar-refractivity contribution in [2.45, 2.75) is 39.3 Å². The van der Waals surface area contributed by atoms with Gasteiger partial charge in [0.25, 0.3) is 12.3 Å². The molecule has 5 rings (SSSR count). The number of aromatic nitrogens is 3. The SMILES string of the molecule is CC(C)C1CN(c2ncc(-c3c(F)cc(N4CCN(C)C(C)C4)c(NC(=O)c4c[nH]c(=O)cc4C(F)F)c3F)cn2)CCO1. The molecule has 14 heteroatoms. The van der Waals surface area contributed by atoms with E-state index >= 15 is 8.78 Å². The summed E-state index contributed by atoms with van der Waals surface area (Å²) in [5, 5.41) is 2.39. The first-order valence-corrected chi connectivity index (χ1v) is 14.4. The van der Waals surface area contributed by atoms with E-state index in [1.54, 1.807) is 4.90 Å². The van der Waals surface area contributed by atoms with Crippen molar-refractivity contribution in [3.05, 3.63) is 63.8 Å². The molecule has 0 saturated carbocycles. The van der Waals surface area contributed by atoms with Gasteiger partial charge in [-0.3, -0.25) is 9.59 Å². The van der Waals surface area contributed by atoms with E-state index in [1.807, 2.05) is 18.9 Å². The van der Waals surface area contributed by atoms with Crippen molar-refractivity contribution in [1.29, 1.82) is 0 Å². The average molecular weight is 618 g/mol. The van der Waals surface area contributed by atoms with Crippen LogP contribution in [0.3, 0.4) is 0 Å². The van der Waals surface area contributed by atoms with Gasteiger partial charge in [-0.25, -0.2) is 27.5 Å². The van der Waals surface area contributed by atoms with Crippen LogP contribution in [0.4, 0.5) is 34.9 Å². The lowest BCUT2D eigenvalue weighted by atomic mass is 10.0. The number of carbonyl (C=O) groups is 1. The highest BCUT2D eigenvalue weighted by Crippen LogP contribution is 2.39. The van der Waals surface area contributed by atoms with E-state index in [-0.39, 0.29) is 35.0 Å². The number of anilines is 3. The standard InChI is InChI=1S/C30H35F4N7O3/c1-16(2)23-15-41(7-8-44-23)30-36-11-18(12-37-30)25-21(31)10-22(40-6-5-39(4)17(3)14-40)27(26(25)32)38-29(43)20-13-35-24(42)9-19(20)28(33)34/h9-13,16-17,23,28H,5-8,14-15H2,1-4H3,(H,35,42)(H,38,43). The lowest BCUT2D eigenvalue weighted by molar-refractivity contribution is 0.0109. The molecule has 2 saturated heterocycles. The highest BCUT2D eigenvalue weighted by Gasteiger charge is 2.30. The van der Waals surface area contributed by atoms with Gasteiger partial charge in [0.2, 0.25) is 11.5 Å². The topological polar surface area (TPSA) is 107 Å². The molecule has 1 amide bonds. The zero-order valence-electron chi connectivity index (χ0n) is 24.9. The maximum atomic E-state index is 16.4. The van der Waals surface area contributed by atoms with Crippen LogP contribution >= 0.6 is 0 Å². The van der Waals surface area contributed by atoms with Gasteiger partial charge in [0, 0.05) is 80.6 Å². The summed E-state index contributed by atoms with van der Waals surface area (Å²) in [5.41, 5.74) is -2.94. The molecule has 2 fully saturated rings. The first-order valence-electron chi connectivity index (χ1n) is 14.4. The molecule has 2 unspecified atom stereocenters. The fourth-order valence-corrected chi connectivity index (χ4v) is 5.43. The van der Waals surface area contributed by atoms with Crippen LogP contribution in [0, 0.1) is 17.6 Å². The number of alkyl halides is 2. The second kappa shape index (κ2) is 12.9. The number of carbonyl (C=O) groups excluding carboxylic acids is 1. The molecule has 0 aliphatic carbocycles. The number of pyridine rings is 1. The number of nitrogens with zero attached hydrogens (tertiary/aromatic N) is 5. The van der Waals surface area contributed by atoms with Crippen LogP contribution in [0.2, 0.25) is 0 Å². The van der Waals surface area contributed by atoms with Crippen molar-refractivity contribution in [1.82, 2.24) is 19.9 Å². The number of hydrogen-bond acceptors (Lipinski definition) is 8. The van der Waals surface area contributed by atoms with Crippen LogP contribution in [-0.4, -0.2) is 84.3 Å². The van der Waals surface area contributed by atoms with Gasteiger partial charge in [-0.1, -0.05) is 13.8 Å². The number of halogens is 4. The van der Waals surface area contributed by atoms with Crippen molar-refractivity contribution < 1.29 is 27.1 Å². The minimum atomic E-state index is -3.14. The molecule has 3 aromatic rings. The molecule has 0 bridgehead atoms. The average Bonchev–Trinajstić information content (AvgIpc) is 3.00. The van der Waals surface area contributed by atoms with Gasteiger partial charge in [0.05, 0.1) is 29.5 Å². The van der Waals surface area contributed by atoms with Gasteiger partial charge in [0.1, 0.15) is 11.5 Å². The molecule has 44 heavy (non-hydrogen) atoms. The number of piperazine rings is 1. The smallest absolute Gasteiger partial charge is 0.264 e. The van der Waals surface area contributed by atoms with E-state index in [9.17, 15) is 18.4 Å². The molecule has 2 aliphatic rings. The summed E-state index contributed by atoms with van der Waals surface area (Å²) in [6, 6.07) is 1.76. The summed E-state index contributed by atoms with van der Waals surface area (Å²) in [7, 11) is 1.93. The highest BCUT2D eigenvalue weighted by molar-refractivity contribution is 6.07. The molecule has 4 heterocycles. The second-order valence-electron chi connectivity index (χ2n) is 11.5. The fourth-order valence-electron chi connectivity index (χ4n) is 5.43. The third-order valence-electron chi connectivity index (χ3n) is 8.22. The summed E-state index contributed by atoms with van der Waals surface area (Å²) in [5.74, 6) is -2.43. The number of ether oxygens (including phenoxy) is 1. The van der Waals surface area contributed by atoms with Gasteiger partial charge in [-0.15, -0.1) is 0 Å². The zero-order chi connectivity index (χ0) is 31.7. The third kappa shape index (κ3) is 6.41. The highest BCUT2D eigenvalue weighted by atomic mass is 19.3. The molecule has 10 nitrogen and oxygen atoms in total. The number of H-pyrrole nitrogens is 1. The van der Waals surface area contributed by atoms with Gasteiger partial charge >= 0.3 is 0 Å². The number of nitrogens with one attached hydrogen (secondary N) is 2. The fraction of sp³-hybridized carbons (Fsp3) is 0.467. The van der Waals surface area contributed by atoms with E-state index in [0.29, 0.717) is 51.3 Å². The van der Waals surface area contributed by atoms with Crippen molar-refractivity contribution >= 4 is 23.2 Å². The Hall–Kier alpha value is -4.04. The number of likely N-dealkylation sites (N-methyl/N-ethyl adjacent to an activating group) is 1. The quantitative estimate of drug-likeness (QED) is 0.378. The summed E-state index contributed by atoms with van der Waals surface area (Å²) in [4.78, 5) is 41.6. The van der Waals surface area contributed by atoms with Crippen LogP contribution in [0.1, 0.15) is 43.1 Å². The maximum Gasteiger partial charge on any atom is 0.264 e.